The van der Waals surface area contributed by atoms with Crippen LogP contribution in [0.1, 0.15) is 58.9 Å². The van der Waals surface area contributed by atoms with E-state index in [1.807, 2.05) is 72.8 Å². The highest BCUT2D eigenvalue weighted by molar-refractivity contribution is 7.17. The van der Waals surface area contributed by atoms with Gasteiger partial charge in [0.2, 0.25) is 0 Å². The minimum atomic E-state index is -0.557. The third-order valence-electron chi connectivity index (χ3n) is 9.24. The van der Waals surface area contributed by atoms with Crippen LogP contribution in [0.25, 0.3) is 43.6 Å². The molecular weight excluding hydrogens is 659 g/mol. The first kappa shape index (κ1) is 33.9. The number of hydrogen-bond acceptors (Lipinski definition) is 7. The van der Waals surface area contributed by atoms with Crippen molar-refractivity contribution in [3.63, 3.8) is 0 Å². The molecule has 0 aliphatic heterocycles. The summed E-state index contributed by atoms with van der Waals surface area (Å²) in [5.41, 5.74) is 8.25. The Hall–Kier alpha value is -5.54. The SMILES string of the molecule is CCOC(=O)c1sc(-c2ccc3c(=O)n(CC(C)C)c(CNC(=O)OCC4c5ccccc5-c5ccccc54)c(-c4ccccc4)c3c2)nc1C. The molecule has 0 saturated heterocycles. The molecule has 9 heteroatoms. The fraction of sp³-hybridized carbons (Fsp3) is 0.238. The van der Waals surface area contributed by atoms with Gasteiger partial charge in [-0.15, -0.1) is 11.3 Å². The highest BCUT2D eigenvalue weighted by Gasteiger charge is 2.29. The number of carbonyl (C=O) groups is 2. The molecule has 0 radical (unpaired) electrons. The summed E-state index contributed by atoms with van der Waals surface area (Å²) in [5.74, 6) is -0.307. The van der Waals surface area contributed by atoms with Gasteiger partial charge in [-0.2, -0.15) is 0 Å². The van der Waals surface area contributed by atoms with Gasteiger partial charge in [-0.05, 0) is 65.1 Å². The number of carbonyl (C=O) groups excluding carboxylic acids is 2. The molecule has 0 fully saturated rings. The van der Waals surface area contributed by atoms with Crippen LogP contribution in [0.5, 0.6) is 0 Å². The van der Waals surface area contributed by atoms with Crippen molar-refractivity contribution in [2.24, 2.45) is 5.92 Å². The van der Waals surface area contributed by atoms with Gasteiger partial charge in [0.25, 0.3) is 5.56 Å². The highest BCUT2D eigenvalue weighted by Crippen LogP contribution is 2.44. The lowest BCUT2D eigenvalue weighted by molar-refractivity contribution is 0.0531. The molecule has 8 nitrogen and oxygen atoms in total. The zero-order valence-corrected chi connectivity index (χ0v) is 29.9. The molecule has 7 rings (SSSR count). The van der Waals surface area contributed by atoms with Crippen molar-refractivity contribution in [2.45, 2.75) is 46.7 Å². The van der Waals surface area contributed by atoms with Crippen LogP contribution < -0.4 is 10.9 Å². The molecule has 2 aromatic heterocycles. The monoisotopic (exact) mass is 697 g/mol. The first-order chi connectivity index (χ1) is 24.7. The number of alkyl carbamates (subject to hydrolysis) is 1. The Balaban J connectivity index is 1.26. The zero-order valence-electron chi connectivity index (χ0n) is 29.1. The average molecular weight is 698 g/mol. The summed E-state index contributed by atoms with van der Waals surface area (Å²) in [6, 6.07) is 32.0. The van der Waals surface area contributed by atoms with E-state index in [-0.39, 0.29) is 37.2 Å². The predicted molar refractivity (Wildman–Crippen MR) is 202 cm³/mol. The fourth-order valence-corrected chi connectivity index (χ4v) is 7.97. The molecule has 0 saturated carbocycles. The topological polar surface area (TPSA) is 99.5 Å². The number of rotatable bonds is 10. The number of nitrogens with zero attached hydrogens (tertiary/aromatic N) is 2. The van der Waals surface area contributed by atoms with E-state index >= 15 is 0 Å². The second-order valence-corrected chi connectivity index (χ2v) is 14.1. The van der Waals surface area contributed by atoms with Crippen LogP contribution in [0, 0.1) is 12.8 Å². The number of hydrogen-bond donors (Lipinski definition) is 1. The van der Waals surface area contributed by atoms with Crippen LogP contribution in [-0.2, 0) is 22.6 Å². The second-order valence-electron chi connectivity index (χ2n) is 13.1. The van der Waals surface area contributed by atoms with E-state index in [1.165, 1.54) is 11.3 Å². The molecule has 0 spiro atoms. The number of fused-ring (bicyclic) bond motifs is 4. The molecule has 51 heavy (non-hydrogen) atoms. The minimum absolute atomic E-state index is 0.0694. The molecule has 4 aromatic carbocycles. The molecule has 1 amide bonds. The molecule has 6 aromatic rings. The molecule has 258 valence electrons. The van der Waals surface area contributed by atoms with Crippen molar-refractivity contribution in [3.8, 4) is 32.8 Å². The largest absolute Gasteiger partial charge is 0.462 e. The van der Waals surface area contributed by atoms with E-state index in [1.54, 1.807) is 18.4 Å². The summed E-state index contributed by atoms with van der Waals surface area (Å²) >= 11 is 1.27. The Labute approximate surface area is 300 Å². The summed E-state index contributed by atoms with van der Waals surface area (Å²) < 4.78 is 12.9. The summed E-state index contributed by atoms with van der Waals surface area (Å²) in [6.45, 7) is 8.70. The fourth-order valence-electron chi connectivity index (χ4n) is 7.01. The van der Waals surface area contributed by atoms with Gasteiger partial charge in [0.05, 0.1) is 18.8 Å². The van der Waals surface area contributed by atoms with Crippen LogP contribution in [0.2, 0.25) is 0 Å². The maximum atomic E-state index is 14.3. The summed E-state index contributed by atoms with van der Waals surface area (Å²) in [7, 11) is 0. The summed E-state index contributed by atoms with van der Waals surface area (Å²) in [5, 5.41) is 4.93. The van der Waals surface area contributed by atoms with Gasteiger partial charge < -0.3 is 19.4 Å². The van der Waals surface area contributed by atoms with E-state index in [2.05, 4.69) is 43.4 Å². The Morgan fingerprint density at radius 3 is 2.20 bits per heavy atom. The standard InChI is InChI=1S/C42H39N3O5S/c1-5-49-41(47)38-26(4)44-39(51-38)28-19-20-33-34(21-28)37(27-13-7-6-8-14-27)36(45(40(33)46)23-25(2)3)22-43-42(48)50-24-35-31-17-11-9-15-29(31)30-16-10-12-18-32(30)35/h6-21,25,35H,5,22-24H2,1-4H3,(H,43,48). The number of thiazole rings is 1. The third kappa shape index (κ3) is 6.57. The van der Waals surface area contributed by atoms with Crippen molar-refractivity contribution in [2.75, 3.05) is 13.2 Å². The van der Waals surface area contributed by atoms with Crippen LogP contribution in [0.15, 0.2) is 102 Å². The Kier molecular flexibility index (Phi) is 9.56. The van der Waals surface area contributed by atoms with Gasteiger partial charge in [0, 0.05) is 34.7 Å². The molecular formula is C42H39N3O5S. The van der Waals surface area contributed by atoms with Crippen molar-refractivity contribution in [3.05, 3.63) is 135 Å². The molecule has 2 heterocycles. The van der Waals surface area contributed by atoms with E-state index in [4.69, 9.17) is 14.5 Å². The first-order valence-corrected chi connectivity index (χ1v) is 18.0. The number of amides is 1. The second kappa shape index (κ2) is 14.4. The van der Waals surface area contributed by atoms with Crippen molar-refractivity contribution in [1.29, 1.82) is 0 Å². The van der Waals surface area contributed by atoms with Crippen LogP contribution in [0.4, 0.5) is 4.79 Å². The molecule has 0 unspecified atom stereocenters. The Bertz CT molecular complexity index is 2280. The van der Waals surface area contributed by atoms with E-state index < -0.39 is 12.1 Å². The van der Waals surface area contributed by atoms with E-state index in [9.17, 15) is 14.4 Å². The zero-order chi connectivity index (χ0) is 35.6. The van der Waals surface area contributed by atoms with Crippen molar-refractivity contribution in [1.82, 2.24) is 14.9 Å². The van der Waals surface area contributed by atoms with Crippen LogP contribution >= 0.6 is 11.3 Å². The lowest BCUT2D eigenvalue weighted by Crippen LogP contribution is -2.32. The first-order valence-electron chi connectivity index (χ1n) is 17.2. The maximum absolute atomic E-state index is 14.3. The smallest absolute Gasteiger partial charge is 0.407 e. The number of ether oxygens (including phenoxy) is 2. The number of benzene rings is 4. The van der Waals surface area contributed by atoms with Crippen LogP contribution in [-0.4, -0.2) is 34.8 Å². The highest BCUT2D eigenvalue weighted by atomic mass is 32.1. The van der Waals surface area contributed by atoms with Gasteiger partial charge in [0.15, 0.2) is 0 Å². The van der Waals surface area contributed by atoms with E-state index in [0.29, 0.717) is 33.2 Å². The quantitative estimate of drug-likeness (QED) is 0.144. The minimum Gasteiger partial charge on any atom is -0.462 e. The van der Waals surface area contributed by atoms with Gasteiger partial charge >= 0.3 is 12.1 Å². The third-order valence-corrected chi connectivity index (χ3v) is 10.4. The van der Waals surface area contributed by atoms with Gasteiger partial charge in [-0.25, -0.2) is 14.6 Å². The lowest BCUT2D eigenvalue weighted by Gasteiger charge is -2.22. The maximum Gasteiger partial charge on any atom is 0.407 e. The lowest BCUT2D eigenvalue weighted by atomic mass is 9.95. The summed E-state index contributed by atoms with van der Waals surface area (Å²) in [6.07, 6.45) is -0.557. The van der Waals surface area contributed by atoms with Crippen molar-refractivity contribution < 1.29 is 19.1 Å². The molecule has 1 aliphatic carbocycles. The Morgan fingerprint density at radius 2 is 1.53 bits per heavy atom. The van der Waals surface area contributed by atoms with Gasteiger partial charge in [0.1, 0.15) is 16.5 Å². The molecule has 0 bridgehead atoms. The van der Waals surface area contributed by atoms with Gasteiger partial charge in [-0.1, -0.05) is 98.8 Å². The number of aryl methyl sites for hydroxylation is 1. The number of aromatic nitrogens is 2. The molecule has 0 atom stereocenters. The average Bonchev–Trinajstić information content (AvgIpc) is 3.69. The van der Waals surface area contributed by atoms with Crippen molar-refractivity contribution >= 4 is 34.2 Å². The number of pyridine rings is 1. The summed E-state index contributed by atoms with van der Waals surface area (Å²) in [4.78, 5) is 45.4. The predicted octanol–water partition coefficient (Wildman–Crippen LogP) is 8.97. The Morgan fingerprint density at radius 1 is 0.863 bits per heavy atom. The molecule has 1 N–H and O–H groups in total. The normalized spacial score (nSPS) is 12.2. The number of esters is 1. The molecule has 1 aliphatic rings. The number of nitrogens with one attached hydrogen (secondary N) is 1. The van der Waals surface area contributed by atoms with Crippen LogP contribution in [0.3, 0.4) is 0 Å². The van der Waals surface area contributed by atoms with E-state index in [0.717, 1.165) is 44.3 Å². The van der Waals surface area contributed by atoms with Gasteiger partial charge in [-0.3, -0.25) is 4.79 Å².